The molecule has 0 atom stereocenters. The minimum Gasteiger partial charge on any atom is -0.399 e. The van der Waals surface area contributed by atoms with E-state index in [1.54, 1.807) is 0 Å². The second kappa shape index (κ2) is 3.93. The Labute approximate surface area is 95.4 Å². The summed E-state index contributed by atoms with van der Waals surface area (Å²) in [6.45, 7) is 5.88. The zero-order valence-electron chi connectivity index (χ0n) is 9.78. The highest BCUT2D eigenvalue weighted by molar-refractivity contribution is 5.64. The molecule has 0 saturated heterocycles. The first-order valence-corrected chi connectivity index (χ1v) is 5.25. The second-order valence-electron chi connectivity index (χ2n) is 4.01. The summed E-state index contributed by atoms with van der Waals surface area (Å²) >= 11 is 0. The van der Waals surface area contributed by atoms with E-state index in [2.05, 4.69) is 16.0 Å². The Hall–Kier alpha value is -1.90. The van der Waals surface area contributed by atoms with E-state index >= 15 is 0 Å². The molecule has 0 aliphatic heterocycles. The molecule has 0 unspecified atom stereocenters. The van der Waals surface area contributed by atoms with Gasteiger partial charge in [-0.25, -0.2) is 9.97 Å². The fraction of sp³-hybridized carbons (Fsp3) is 0.231. The van der Waals surface area contributed by atoms with Gasteiger partial charge in [-0.05, 0) is 44.5 Å². The van der Waals surface area contributed by atoms with E-state index in [0.717, 1.165) is 34.0 Å². The third-order valence-electron chi connectivity index (χ3n) is 2.53. The minimum atomic E-state index is 0.796. The summed E-state index contributed by atoms with van der Waals surface area (Å²) in [5.41, 5.74) is 10.7. The maximum absolute atomic E-state index is 5.79. The summed E-state index contributed by atoms with van der Waals surface area (Å²) < 4.78 is 0. The van der Waals surface area contributed by atoms with Crippen LogP contribution in [-0.2, 0) is 0 Å². The van der Waals surface area contributed by atoms with Gasteiger partial charge in [0.05, 0.1) is 5.69 Å². The van der Waals surface area contributed by atoms with E-state index < -0.39 is 0 Å². The van der Waals surface area contributed by atoms with Gasteiger partial charge < -0.3 is 5.73 Å². The van der Waals surface area contributed by atoms with Crippen molar-refractivity contribution in [3.05, 3.63) is 41.3 Å². The van der Waals surface area contributed by atoms with Crippen LogP contribution >= 0.6 is 0 Å². The third kappa shape index (κ3) is 2.03. The summed E-state index contributed by atoms with van der Waals surface area (Å²) in [5.74, 6) is 0.796. The number of nitrogen functional groups attached to an aromatic ring is 1. The van der Waals surface area contributed by atoms with Gasteiger partial charge in [-0.2, -0.15) is 0 Å². The molecule has 16 heavy (non-hydrogen) atoms. The maximum Gasteiger partial charge on any atom is 0.126 e. The van der Waals surface area contributed by atoms with Crippen LogP contribution in [0.25, 0.3) is 11.3 Å². The molecular weight excluding hydrogens is 198 g/mol. The van der Waals surface area contributed by atoms with Crippen LogP contribution in [0.3, 0.4) is 0 Å². The average molecular weight is 213 g/mol. The molecule has 0 bridgehead atoms. The van der Waals surface area contributed by atoms with Crippen molar-refractivity contribution >= 4 is 5.69 Å². The van der Waals surface area contributed by atoms with Crippen LogP contribution < -0.4 is 5.73 Å². The zero-order valence-corrected chi connectivity index (χ0v) is 9.78. The molecule has 1 heterocycles. The van der Waals surface area contributed by atoms with Gasteiger partial charge in [-0.15, -0.1) is 0 Å². The smallest absolute Gasteiger partial charge is 0.126 e. The number of hydrogen-bond acceptors (Lipinski definition) is 3. The Balaban J connectivity index is 2.54. The van der Waals surface area contributed by atoms with Crippen LogP contribution in [0, 0.1) is 20.8 Å². The Kier molecular flexibility index (Phi) is 2.60. The molecule has 3 nitrogen and oxygen atoms in total. The Bertz CT molecular complexity index is 512. The summed E-state index contributed by atoms with van der Waals surface area (Å²) in [5, 5.41) is 0. The highest BCUT2D eigenvalue weighted by Gasteiger charge is 2.03. The van der Waals surface area contributed by atoms with Gasteiger partial charge in [0.25, 0.3) is 0 Å². The van der Waals surface area contributed by atoms with Gasteiger partial charge in [-0.3, -0.25) is 0 Å². The number of nitrogens with zero attached hydrogens (tertiary/aromatic N) is 2. The monoisotopic (exact) mass is 213 g/mol. The van der Waals surface area contributed by atoms with Crippen molar-refractivity contribution in [1.82, 2.24) is 9.97 Å². The van der Waals surface area contributed by atoms with Crippen molar-refractivity contribution in [2.45, 2.75) is 20.8 Å². The first kappa shape index (κ1) is 10.6. The minimum absolute atomic E-state index is 0.796. The highest BCUT2D eigenvalue weighted by atomic mass is 14.9. The van der Waals surface area contributed by atoms with E-state index in [1.165, 1.54) is 0 Å². The standard InChI is InChI=1S/C13H15N3/c1-8-6-11(4-5-12(8)14)13-7-9(2)15-10(3)16-13/h4-7H,14H2,1-3H3. The summed E-state index contributed by atoms with van der Waals surface area (Å²) in [7, 11) is 0. The van der Waals surface area contributed by atoms with E-state index in [-0.39, 0.29) is 0 Å². The third-order valence-corrected chi connectivity index (χ3v) is 2.53. The van der Waals surface area contributed by atoms with Gasteiger partial charge in [0.2, 0.25) is 0 Å². The maximum atomic E-state index is 5.79. The topological polar surface area (TPSA) is 51.8 Å². The number of hydrogen-bond donors (Lipinski definition) is 1. The van der Waals surface area contributed by atoms with Crippen molar-refractivity contribution in [2.24, 2.45) is 0 Å². The predicted molar refractivity (Wildman–Crippen MR) is 66.1 cm³/mol. The van der Waals surface area contributed by atoms with E-state index in [9.17, 15) is 0 Å². The molecule has 1 aromatic heterocycles. The lowest BCUT2D eigenvalue weighted by Crippen LogP contribution is -1.95. The van der Waals surface area contributed by atoms with Crippen LogP contribution in [0.1, 0.15) is 17.1 Å². The van der Waals surface area contributed by atoms with Gasteiger partial charge >= 0.3 is 0 Å². The first-order chi connectivity index (χ1) is 7.56. The molecule has 82 valence electrons. The molecule has 2 rings (SSSR count). The van der Waals surface area contributed by atoms with Crippen LogP contribution in [0.2, 0.25) is 0 Å². The van der Waals surface area contributed by atoms with Crippen molar-refractivity contribution in [3.8, 4) is 11.3 Å². The molecule has 0 aliphatic rings. The first-order valence-electron chi connectivity index (χ1n) is 5.25. The molecule has 1 aromatic carbocycles. The van der Waals surface area contributed by atoms with Crippen LogP contribution in [0.4, 0.5) is 5.69 Å². The molecule has 0 fully saturated rings. The van der Waals surface area contributed by atoms with E-state index in [0.29, 0.717) is 0 Å². The Morgan fingerprint density at radius 2 is 1.75 bits per heavy atom. The molecule has 3 heteroatoms. The van der Waals surface area contributed by atoms with Crippen LogP contribution in [0.5, 0.6) is 0 Å². The van der Waals surface area contributed by atoms with Gasteiger partial charge in [0.1, 0.15) is 5.82 Å². The number of rotatable bonds is 1. The highest BCUT2D eigenvalue weighted by Crippen LogP contribution is 2.22. The number of anilines is 1. The fourth-order valence-electron chi connectivity index (χ4n) is 1.70. The molecule has 0 amide bonds. The largest absolute Gasteiger partial charge is 0.399 e. The SMILES string of the molecule is Cc1cc(-c2ccc(N)c(C)c2)nc(C)n1. The molecule has 0 aliphatic carbocycles. The molecule has 0 radical (unpaired) electrons. The number of aromatic nitrogens is 2. The van der Waals surface area contributed by atoms with Crippen molar-refractivity contribution in [3.63, 3.8) is 0 Å². The lowest BCUT2D eigenvalue weighted by Gasteiger charge is -2.06. The predicted octanol–water partition coefficient (Wildman–Crippen LogP) is 2.65. The van der Waals surface area contributed by atoms with Crippen LogP contribution in [0.15, 0.2) is 24.3 Å². The zero-order chi connectivity index (χ0) is 11.7. The normalized spacial score (nSPS) is 10.4. The molecule has 0 saturated carbocycles. The molecule has 2 aromatic rings. The average Bonchev–Trinajstić information content (AvgIpc) is 2.20. The number of aryl methyl sites for hydroxylation is 3. The van der Waals surface area contributed by atoms with Gasteiger partial charge in [0.15, 0.2) is 0 Å². The molecule has 0 spiro atoms. The quantitative estimate of drug-likeness (QED) is 0.741. The Morgan fingerprint density at radius 3 is 2.38 bits per heavy atom. The fourth-order valence-corrected chi connectivity index (χ4v) is 1.70. The Morgan fingerprint density at radius 1 is 1.00 bits per heavy atom. The molecule has 2 N–H and O–H groups in total. The van der Waals surface area contributed by atoms with Crippen molar-refractivity contribution in [2.75, 3.05) is 5.73 Å². The number of benzene rings is 1. The second-order valence-corrected chi connectivity index (χ2v) is 4.01. The summed E-state index contributed by atoms with van der Waals surface area (Å²) in [4.78, 5) is 8.69. The number of nitrogens with two attached hydrogens (primary N) is 1. The van der Waals surface area contributed by atoms with E-state index in [1.807, 2.05) is 39.0 Å². The lowest BCUT2D eigenvalue weighted by molar-refractivity contribution is 1.02. The molecular formula is C13H15N3. The van der Waals surface area contributed by atoms with Crippen LogP contribution in [-0.4, -0.2) is 9.97 Å². The lowest BCUT2D eigenvalue weighted by atomic mass is 10.1. The summed E-state index contributed by atoms with van der Waals surface area (Å²) in [6, 6.07) is 7.94. The summed E-state index contributed by atoms with van der Waals surface area (Å²) in [6.07, 6.45) is 0. The van der Waals surface area contributed by atoms with Crippen molar-refractivity contribution < 1.29 is 0 Å². The van der Waals surface area contributed by atoms with Gasteiger partial charge in [-0.1, -0.05) is 6.07 Å². The van der Waals surface area contributed by atoms with E-state index in [4.69, 9.17) is 5.73 Å². The van der Waals surface area contributed by atoms with Crippen molar-refractivity contribution in [1.29, 1.82) is 0 Å². The van der Waals surface area contributed by atoms with Gasteiger partial charge in [0, 0.05) is 16.9 Å².